The van der Waals surface area contributed by atoms with Crippen molar-refractivity contribution in [1.82, 2.24) is 19.5 Å². The van der Waals surface area contributed by atoms with Crippen molar-refractivity contribution in [2.24, 2.45) is 0 Å². The van der Waals surface area contributed by atoms with E-state index in [1.807, 2.05) is 0 Å². The number of aromatic nitrogens is 4. The number of carboxylic acids is 1. The predicted octanol–water partition coefficient (Wildman–Crippen LogP) is -0.519. The maximum atomic E-state index is 11.7. The summed E-state index contributed by atoms with van der Waals surface area (Å²) in [5.74, 6) is -1.01. The molecular weight excluding hydrogens is 294 g/mol. The molecule has 3 rings (SSSR count). The van der Waals surface area contributed by atoms with Crippen LogP contribution >= 0.6 is 0 Å². The van der Waals surface area contributed by atoms with E-state index < -0.39 is 11.5 Å². The Labute approximate surface area is 123 Å². The number of rotatable bonds is 5. The Bertz CT molecular complexity index is 754. The maximum Gasteiger partial charge on any atom is 0.329 e. The first-order valence-corrected chi connectivity index (χ1v) is 6.72. The molecule has 0 unspecified atom stereocenters. The zero-order valence-electron chi connectivity index (χ0n) is 11.6. The lowest BCUT2D eigenvalue weighted by Crippen LogP contribution is -2.19. The molecule has 0 bridgehead atoms. The van der Waals surface area contributed by atoms with Crippen LogP contribution in [0.1, 0.15) is 19.1 Å². The molecule has 2 aromatic heterocycles. The van der Waals surface area contributed by atoms with Crippen LogP contribution in [0.4, 0.5) is 5.95 Å². The van der Waals surface area contributed by atoms with Gasteiger partial charge < -0.3 is 20.3 Å². The third kappa shape index (κ3) is 2.78. The van der Waals surface area contributed by atoms with Crippen molar-refractivity contribution in [3.05, 3.63) is 16.7 Å². The van der Waals surface area contributed by atoms with Crippen molar-refractivity contribution >= 4 is 23.1 Å². The number of fused-ring (bicyclic) bond motifs is 1. The highest BCUT2D eigenvalue weighted by Crippen LogP contribution is 2.30. The number of nitrogen functional groups attached to an aromatic ring is 1. The number of nitrogens with zero attached hydrogens (tertiary/aromatic N) is 3. The van der Waals surface area contributed by atoms with Crippen LogP contribution in [0.15, 0.2) is 11.1 Å². The molecule has 0 spiro atoms. The van der Waals surface area contributed by atoms with Gasteiger partial charge in [0.1, 0.15) is 12.8 Å². The molecular formula is C12H15N5O5. The van der Waals surface area contributed by atoms with E-state index in [-0.39, 0.29) is 37.0 Å². The van der Waals surface area contributed by atoms with E-state index >= 15 is 0 Å². The molecule has 3 heterocycles. The van der Waals surface area contributed by atoms with E-state index in [1.54, 1.807) is 4.57 Å². The number of ether oxygens (including phenoxy) is 2. The summed E-state index contributed by atoms with van der Waals surface area (Å²) in [6, 6.07) is 0. The van der Waals surface area contributed by atoms with E-state index in [4.69, 9.17) is 20.3 Å². The summed E-state index contributed by atoms with van der Waals surface area (Å²) in [5.41, 5.74) is 5.70. The second-order valence-electron chi connectivity index (χ2n) is 4.97. The highest BCUT2D eigenvalue weighted by atomic mass is 16.6. The molecule has 0 radical (unpaired) electrons. The fourth-order valence-corrected chi connectivity index (χ4v) is 2.45. The van der Waals surface area contributed by atoms with Crippen molar-refractivity contribution < 1.29 is 19.4 Å². The molecule has 10 heteroatoms. The van der Waals surface area contributed by atoms with Gasteiger partial charge in [-0.05, 0) is 12.8 Å². The highest BCUT2D eigenvalue weighted by molar-refractivity contribution is 5.70. The van der Waals surface area contributed by atoms with Gasteiger partial charge in [0.25, 0.3) is 5.56 Å². The number of aromatic amines is 1. The van der Waals surface area contributed by atoms with Crippen LogP contribution in [0.2, 0.25) is 0 Å². The Hall–Kier alpha value is -2.46. The summed E-state index contributed by atoms with van der Waals surface area (Å²) >= 11 is 0. The molecule has 1 saturated heterocycles. The Morgan fingerprint density at radius 3 is 3.18 bits per heavy atom. The van der Waals surface area contributed by atoms with Gasteiger partial charge in [-0.25, -0.2) is 9.78 Å². The van der Waals surface area contributed by atoms with E-state index in [0.717, 1.165) is 0 Å². The lowest BCUT2D eigenvalue weighted by Gasteiger charge is -2.15. The second-order valence-corrected chi connectivity index (χ2v) is 4.97. The van der Waals surface area contributed by atoms with Crippen LogP contribution in [0.25, 0.3) is 11.2 Å². The van der Waals surface area contributed by atoms with Crippen LogP contribution in [0, 0.1) is 0 Å². The van der Waals surface area contributed by atoms with Crippen LogP contribution in [0.5, 0.6) is 0 Å². The lowest BCUT2D eigenvalue weighted by atomic mass is 10.2. The molecule has 1 fully saturated rings. The number of carboxylic acid groups (broad SMARTS) is 1. The molecule has 0 aliphatic carbocycles. The topological polar surface area (TPSA) is 145 Å². The molecule has 0 aromatic carbocycles. The van der Waals surface area contributed by atoms with Gasteiger partial charge in [0.15, 0.2) is 11.2 Å². The van der Waals surface area contributed by atoms with Gasteiger partial charge in [0.2, 0.25) is 5.95 Å². The Morgan fingerprint density at radius 1 is 1.59 bits per heavy atom. The number of nitrogens with two attached hydrogens (primary N) is 1. The number of hydrogen-bond donors (Lipinski definition) is 3. The number of imidazole rings is 1. The maximum absolute atomic E-state index is 11.7. The summed E-state index contributed by atoms with van der Waals surface area (Å²) in [4.78, 5) is 32.6. The van der Waals surface area contributed by atoms with Gasteiger partial charge in [-0.3, -0.25) is 14.3 Å². The number of aliphatic carboxylic acids is 1. The number of carbonyl (C=O) groups is 1. The fraction of sp³-hybridized carbons (Fsp3) is 0.500. The molecule has 2 aromatic rings. The van der Waals surface area contributed by atoms with E-state index in [2.05, 4.69) is 15.0 Å². The molecule has 0 saturated carbocycles. The zero-order chi connectivity index (χ0) is 15.7. The standard InChI is InChI=1S/C12H15N5O5/c13-12-15-10-9(11(20)16-12)14-5-17(10)7-2-1-6(22-7)3-21-4-8(18)19/h5-7H,1-4H2,(H,18,19)(H3,13,15,16,20)/t6-,7+/m0/s1. The zero-order valence-corrected chi connectivity index (χ0v) is 11.6. The van der Waals surface area contributed by atoms with Gasteiger partial charge >= 0.3 is 5.97 Å². The summed E-state index contributed by atoms with van der Waals surface area (Å²) in [6.45, 7) is -0.155. The van der Waals surface area contributed by atoms with E-state index in [9.17, 15) is 9.59 Å². The fourth-order valence-electron chi connectivity index (χ4n) is 2.45. The predicted molar refractivity (Wildman–Crippen MR) is 74.2 cm³/mol. The largest absolute Gasteiger partial charge is 0.480 e. The minimum atomic E-state index is -1.02. The number of H-pyrrole nitrogens is 1. The van der Waals surface area contributed by atoms with Gasteiger partial charge in [-0.2, -0.15) is 4.98 Å². The first kappa shape index (κ1) is 14.5. The van der Waals surface area contributed by atoms with Gasteiger partial charge in [0, 0.05) is 0 Å². The van der Waals surface area contributed by atoms with Gasteiger partial charge in [-0.1, -0.05) is 0 Å². The summed E-state index contributed by atoms with van der Waals surface area (Å²) in [6.07, 6.45) is 2.33. The molecule has 2 atom stereocenters. The normalized spacial score (nSPS) is 21.5. The van der Waals surface area contributed by atoms with Crippen LogP contribution < -0.4 is 11.3 Å². The molecule has 1 aliphatic heterocycles. The number of anilines is 1. The lowest BCUT2D eigenvalue weighted by molar-refractivity contribution is -0.143. The molecule has 10 nitrogen and oxygen atoms in total. The first-order valence-electron chi connectivity index (χ1n) is 6.72. The SMILES string of the molecule is Nc1nc2c(ncn2[C@H]2CC[C@@H](COCC(=O)O)O2)c(=O)[nH]1. The third-order valence-electron chi connectivity index (χ3n) is 3.38. The Balaban J connectivity index is 1.73. The first-order chi connectivity index (χ1) is 10.5. The summed E-state index contributed by atoms with van der Waals surface area (Å²) in [7, 11) is 0. The van der Waals surface area contributed by atoms with Crippen molar-refractivity contribution in [2.45, 2.75) is 25.2 Å². The highest BCUT2D eigenvalue weighted by Gasteiger charge is 2.28. The number of hydrogen-bond acceptors (Lipinski definition) is 7. The minimum Gasteiger partial charge on any atom is -0.480 e. The Kier molecular flexibility index (Phi) is 3.77. The second kappa shape index (κ2) is 5.73. The molecule has 0 amide bonds. The third-order valence-corrected chi connectivity index (χ3v) is 3.38. The summed E-state index contributed by atoms with van der Waals surface area (Å²) in [5, 5.41) is 8.53. The van der Waals surface area contributed by atoms with Crippen molar-refractivity contribution in [2.75, 3.05) is 18.9 Å². The average Bonchev–Trinajstić information content (AvgIpc) is 3.04. The van der Waals surface area contributed by atoms with Gasteiger partial charge in [-0.15, -0.1) is 0 Å². The quantitative estimate of drug-likeness (QED) is 0.669. The monoisotopic (exact) mass is 309 g/mol. The Morgan fingerprint density at radius 2 is 2.41 bits per heavy atom. The van der Waals surface area contributed by atoms with Crippen LogP contribution in [-0.2, 0) is 14.3 Å². The molecule has 1 aliphatic rings. The number of nitrogens with one attached hydrogen (secondary N) is 1. The summed E-state index contributed by atoms with van der Waals surface area (Å²) < 4.78 is 12.5. The molecule has 118 valence electrons. The van der Waals surface area contributed by atoms with Gasteiger partial charge in [0.05, 0.1) is 19.0 Å². The minimum absolute atomic E-state index is 0.0126. The van der Waals surface area contributed by atoms with Crippen LogP contribution in [0.3, 0.4) is 0 Å². The van der Waals surface area contributed by atoms with Crippen molar-refractivity contribution in [1.29, 1.82) is 0 Å². The van der Waals surface area contributed by atoms with E-state index in [0.29, 0.717) is 18.5 Å². The van der Waals surface area contributed by atoms with E-state index in [1.165, 1.54) is 6.33 Å². The molecule has 22 heavy (non-hydrogen) atoms. The van der Waals surface area contributed by atoms with Crippen LogP contribution in [-0.4, -0.2) is 49.9 Å². The molecule has 4 N–H and O–H groups in total. The smallest absolute Gasteiger partial charge is 0.329 e. The van der Waals surface area contributed by atoms with Crippen molar-refractivity contribution in [3.8, 4) is 0 Å². The average molecular weight is 309 g/mol. The van der Waals surface area contributed by atoms with Crippen molar-refractivity contribution in [3.63, 3.8) is 0 Å².